The fraction of sp³-hybridized carbons (Fsp3) is 0.600. The molecule has 1 aromatic carbocycles. The van der Waals surface area contributed by atoms with Crippen LogP contribution >= 0.6 is 0 Å². The van der Waals surface area contributed by atoms with Gasteiger partial charge in [0.1, 0.15) is 0 Å². The molecule has 2 unspecified atom stereocenters. The summed E-state index contributed by atoms with van der Waals surface area (Å²) in [6, 6.07) is 6.16. The van der Waals surface area contributed by atoms with E-state index in [1.165, 1.54) is 49.0 Å². The summed E-state index contributed by atoms with van der Waals surface area (Å²) in [6.07, 6.45) is 5.33. The molecule has 0 aromatic heterocycles. The van der Waals surface area contributed by atoms with Crippen LogP contribution in [0.5, 0.6) is 0 Å². The Hall–Kier alpha value is -1.73. The van der Waals surface area contributed by atoms with Gasteiger partial charge >= 0.3 is 0 Å². The van der Waals surface area contributed by atoms with Crippen LogP contribution in [0.2, 0.25) is 0 Å². The number of nitrogens with zero attached hydrogens (tertiary/aromatic N) is 1. The minimum Gasteiger partial charge on any atom is -0.353 e. The van der Waals surface area contributed by atoms with Crippen molar-refractivity contribution in [3.05, 3.63) is 29.8 Å². The van der Waals surface area contributed by atoms with Gasteiger partial charge in [0.15, 0.2) is 5.78 Å². The molecule has 150 valence electrons. The summed E-state index contributed by atoms with van der Waals surface area (Å²) in [6.45, 7) is 3.88. The Morgan fingerprint density at radius 2 is 1.78 bits per heavy atom. The van der Waals surface area contributed by atoms with E-state index >= 15 is 0 Å². The van der Waals surface area contributed by atoms with Crippen LogP contribution in [0.3, 0.4) is 0 Å². The van der Waals surface area contributed by atoms with Crippen LogP contribution in [0, 0.1) is 5.92 Å². The number of Topliss-reactive ketones (excluding diaryl/α,β-unsaturated/α-hetero) is 1. The molecular formula is C20H30N2O4S. The number of carbonyl (C=O) groups excluding carboxylic acids is 2. The van der Waals surface area contributed by atoms with E-state index in [1.807, 2.05) is 0 Å². The van der Waals surface area contributed by atoms with Gasteiger partial charge in [-0.1, -0.05) is 31.9 Å². The van der Waals surface area contributed by atoms with Crippen molar-refractivity contribution in [1.29, 1.82) is 0 Å². The van der Waals surface area contributed by atoms with Crippen molar-refractivity contribution < 1.29 is 18.0 Å². The Balaban J connectivity index is 1.84. The molecule has 1 saturated carbocycles. The molecule has 0 heterocycles. The van der Waals surface area contributed by atoms with Gasteiger partial charge < -0.3 is 5.32 Å². The quantitative estimate of drug-likeness (QED) is 0.687. The van der Waals surface area contributed by atoms with Crippen molar-refractivity contribution >= 4 is 21.7 Å². The van der Waals surface area contributed by atoms with Crippen LogP contribution in [0.15, 0.2) is 29.2 Å². The molecule has 0 bridgehead atoms. The van der Waals surface area contributed by atoms with Crippen LogP contribution in [0.25, 0.3) is 0 Å². The summed E-state index contributed by atoms with van der Waals surface area (Å²) in [7, 11) is -2.12. The smallest absolute Gasteiger partial charge is 0.242 e. The molecule has 1 aromatic rings. The number of hydrogen-bond donors (Lipinski definition) is 1. The highest BCUT2D eigenvalue weighted by atomic mass is 32.2. The SMILES string of the molecule is CC(=O)c1ccc(S(=O)(=O)N(C)CCCC(=O)NC2CCCCC2C)cc1. The third kappa shape index (κ3) is 5.87. The molecule has 7 heteroatoms. The van der Waals surface area contributed by atoms with E-state index in [1.54, 1.807) is 0 Å². The zero-order valence-electron chi connectivity index (χ0n) is 16.4. The van der Waals surface area contributed by atoms with Crippen molar-refractivity contribution in [3.63, 3.8) is 0 Å². The molecule has 1 aliphatic carbocycles. The van der Waals surface area contributed by atoms with Gasteiger partial charge in [0.25, 0.3) is 0 Å². The van der Waals surface area contributed by atoms with Gasteiger partial charge in [-0.15, -0.1) is 0 Å². The van der Waals surface area contributed by atoms with E-state index in [2.05, 4.69) is 12.2 Å². The topological polar surface area (TPSA) is 83.6 Å². The molecule has 1 fully saturated rings. The fourth-order valence-electron chi connectivity index (χ4n) is 3.43. The Kier molecular flexibility index (Phi) is 7.56. The number of rotatable bonds is 8. The van der Waals surface area contributed by atoms with Gasteiger partial charge in [-0.3, -0.25) is 9.59 Å². The highest BCUT2D eigenvalue weighted by Crippen LogP contribution is 2.23. The van der Waals surface area contributed by atoms with Gasteiger partial charge in [0.05, 0.1) is 4.90 Å². The van der Waals surface area contributed by atoms with E-state index in [4.69, 9.17) is 0 Å². The van der Waals surface area contributed by atoms with E-state index in [9.17, 15) is 18.0 Å². The van der Waals surface area contributed by atoms with Gasteiger partial charge in [-0.2, -0.15) is 0 Å². The molecule has 0 spiro atoms. The van der Waals surface area contributed by atoms with Gasteiger partial charge in [0.2, 0.25) is 15.9 Å². The number of sulfonamides is 1. The highest BCUT2D eigenvalue weighted by Gasteiger charge is 2.23. The second kappa shape index (κ2) is 9.46. The monoisotopic (exact) mass is 394 g/mol. The van der Waals surface area contributed by atoms with Crippen molar-refractivity contribution in [2.75, 3.05) is 13.6 Å². The average molecular weight is 395 g/mol. The number of nitrogens with one attached hydrogen (secondary N) is 1. The Morgan fingerprint density at radius 1 is 1.15 bits per heavy atom. The Labute approximate surface area is 162 Å². The van der Waals surface area contributed by atoms with Crippen molar-refractivity contribution in [3.8, 4) is 0 Å². The molecule has 6 nitrogen and oxygen atoms in total. The fourth-order valence-corrected chi connectivity index (χ4v) is 4.64. The third-order valence-corrected chi connectivity index (χ3v) is 7.17. The van der Waals surface area contributed by atoms with Crippen molar-refractivity contribution in [1.82, 2.24) is 9.62 Å². The molecular weight excluding hydrogens is 364 g/mol. The van der Waals surface area contributed by atoms with Crippen molar-refractivity contribution in [2.24, 2.45) is 5.92 Å². The van der Waals surface area contributed by atoms with Gasteiger partial charge in [-0.25, -0.2) is 12.7 Å². The zero-order valence-corrected chi connectivity index (χ0v) is 17.2. The first-order valence-electron chi connectivity index (χ1n) is 9.58. The van der Waals surface area contributed by atoms with Crippen LogP contribution in [0.1, 0.15) is 62.7 Å². The van der Waals surface area contributed by atoms with E-state index in [-0.39, 0.29) is 29.2 Å². The maximum Gasteiger partial charge on any atom is 0.242 e. The van der Waals surface area contributed by atoms with Crippen LogP contribution in [0.4, 0.5) is 0 Å². The lowest BCUT2D eigenvalue weighted by Crippen LogP contribution is -2.41. The van der Waals surface area contributed by atoms with Gasteiger partial charge in [0, 0.05) is 31.6 Å². The number of benzene rings is 1. The molecule has 2 atom stereocenters. The molecule has 1 amide bonds. The van der Waals surface area contributed by atoms with Crippen LogP contribution in [-0.2, 0) is 14.8 Å². The lowest BCUT2D eigenvalue weighted by molar-refractivity contribution is -0.122. The molecule has 0 saturated heterocycles. The Bertz CT molecular complexity index is 759. The highest BCUT2D eigenvalue weighted by molar-refractivity contribution is 7.89. The number of ketones is 1. The molecule has 1 aliphatic rings. The minimum atomic E-state index is -3.63. The third-order valence-electron chi connectivity index (χ3n) is 5.30. The summed E-state index contributed by atoms with van der Waals surface area (Å²) in [5.74, 6) is 0.389. The first kappa shape index (κ1) is 21.6. The predicted molar refractivity (Wildman–Crippen MR) is 105 cm³/mol. The minimum absolute atomic E-state index is 0.00893. The standard InChI is InChI=1S/C20H30N2O4S/c1-15-7-4-5-8-19(15)21-20(24)9-6-14-22(3)27(25,26)18-12-10-17(11-13-18)16(2)23/h10-13,15,19H,4-9,14H2,1-3H3,(H,21,24). The molecule has 1 N–H and O–H groups in total. The zero-order chi connectivity index (χ0) is 20.0. The average Bonchev–Trinajstić information content (AvgIpc) is 2.63. The lowest BCUT2D eigenvalue weighted by Gasteiger charge is -2.29. The maximum atomic E-state index is 12.6. The lowest BCUT2D eigenvalue weighted by atomic mass is 9.86. The predicted octanol–water partition coefficient (Wildman–Crippen LogP) is 2.98. The van der Waals surface area contributed by atoms with Crippen molar-refractivity contribution in [2.45, 2.75) is 63.3 Å². The Morgan fingerprint density at radius 3 is 2.37 bits per heavy atom. The second-order valence-corrected chi connectivity index (χ2v) is 9.49. The molecule has 2 rings (SSSR count). The molecule has 0 aliphatic heterocycles. The first-order chi connectivity index (χ1) is 12.7. The summed E-state index contributed by atoms with van der Waals surface area (Å²) >= 11 is 0. The summed E-state index contributed by atoms with van der Waals surface area (Å²) in [5, 5.41) is 3.09. The van der Waals surface area contributed by atoms with E-state index in [0.717, 1.165) is 19.3 Å². The first-order valence-corrected chi connectivity index (χ1v) is 11.0. The second-order valence-electron chi connectivity index (χ2n) is 7.45. The maximum absolute atomic E-state index is 12.6. The normalized spacial score (nSPS) is 20.4. The number of hydrogen-bond acceptors (Lipinski definition) is 4. The van der Waals surface area contributed by atoms with E-state index < -0.39 is 10.0 Å². The number of amides is 1. The molecule has 27 heavy (non-hydrogen) atoms. The summed E-state index contributed by atoms with van der Waals surface area (Å²) < 4.78 is 26.4. The largest absolute Gasteiger partial charge is 0.353 e. The van der Waals surface area contributed by atoms with Gasteiger partial charge in [-0.05, 0) is 44.2 Å². The summed E-state index contributed by atoms with van der Waals surface area (Å²) in [5.41, 5.74) is 0.477. The molecule has 0 radical (unpaired) electrons. The van der Waals surface area contributed by atoms with Crippen LogP contribution in [-0.4, -0.2) is 44.0 Å². The summed E-state index contributed by atoms with van der Waals surface area (Å²) in [4.78, 5) is 23.6. The van der Waals surface area contributed by atoms with Crippen LogP contribution < -0.4 is 5.32 Å². The number of carbonyl (C=O) groups is 2. The van der Waals surface area contributed by atoms with E-state index in [0.29, 0.717) is 24.3 Å².